The van der Waals surface area contributed by atoms with Gasteiger partial charge in [-0.15, -0.1) is 0 Å². The van der Waals surface area contributed by atoms with E-state index in [2.05, 4.69) is 15.6 Å². The summed E-state index contributed by atoms with van der Waals surface area (Å²) in [6.45, 7) is 4.86. The van der Waals surface area contributed by atoms with Crippen LogP contribution in [0.3, 0.4) is 0 Å². The van der Waals surface area contributed by atoms with Gasteiger partial charge in [-0.1, -0.05) is 65.2 Å². The molecule has 0 radical (unpaired) electrons. The van der Waals surface area contributed by atoms with Crippen LogP contribution in [0.1, 0.15) is 22.4 Å². The van der Waals surface area contributed by atoms with Crippen molar-refractivity contribution in [2.24, 2.45) is 5.10 Å². The van der Waals surface area contributed by atoms with Crippen LogP contribution in [0.2, 0.25) is 10.2 Å². The molecule has 0 saturated heterocycles. The van der Waals surface area contributed by atoms with Gasteiger partial charge in [-0.05, 0) is 62.7 Å². The highest BCUT2D eigenvalue weighted by atomic mass is 35.5. The topological polar surface area (TPSA) is 96.7 Å². The minimum Gasteiger partial charge on any atom is -0.271 e. The molecule has 1 heterocycles. The Bertz CT molecular complexity index is 1600. The number of hydrogen-bond acceptors (Lipinski definition) is 5. The number of sulfonamides is 1. The van der Waals surface area contributed by atoms with Crippen molar-refractivity contribution in [3.05, 3.63) is 105 Å². The number of hydrogen-bond donors (Lipinski definition) is 1. The van der Waals surface area contributed by atoms with E-state index in [1.807, 2.05) is 44.2 Å². The third kappa shape index (κ3) is 5.75. The zero-order valence-corrected chi connectivity index (χ0v) is 23.2. The number of benzene rings is 3. The lowest BCUT2D eigenvalue weighted by molar-refractivity contribution is -0.119. The molecule has 0 fully saturated rings. The summed E-state index contributed by atoms with van der Waals surface area (Å²) in [5, 5.41) is 8.94. The summed E-state index contributed by atoms with van der Waals surface area (Å²) in [6, 6.07) is 20.7. The molecule has 0 aliphatic carbocycles. The van der Waals surface area contributed by atoms with Gasteiger partial charge in [0.05, 0.1) is 33.7 Å². The predicted octanol–water partition coefficient (Wildman–Crippen LogP) is 5.45. The lowest BCUT2D eigenvalue weighted by Crippen LogP contribution is -2.40. The van der Waals surface area contributed by atoms with Gasteiger partial charge in [0, 0.05) is 5.02 Å². The number of nitrogens with one attached hydrogen (secondary N) is 1. The number of amides is 1. The lowest BCUT2D eigenvalue weighted by atomic mass is 10.2. The molecule has 0 unspecified atom stereocenters. The number of halogens is 2. The van der Waals surface area contributed by atoms with Gasteiger partial charge in [-0.2, -0.15) is 10.2 Å². The standard InChI is InChI=1S/C27H25Cl2N5O3S/c1-18-12-14-22(15-13-18)38(36,37)33(25-11-7-10-24(28)19(25)2)17-26(35)31-30-16-23-20(3)34(32-27(23)29)21-8-5-4-6-9-21/h4-16H,17H2,1-3H3,(H,31,35)/b30-16-. The van der Waals surface area contributed by atoms with Crippen molar-refractivity contribution in [2.45, 2.75) is 25.7 Å². The second-order valence-corrected chi connectivity index (χ2v) is 11.2. The Morgan fingerprint density at radius 2 is 1.68 bits per heavy atom. The van der Waals surface area contributed by atoms with Gasteiger partial charge in [0.1, 0.15) is 6.54 Å². The number of hydrazone groups is 1. The second kappa shape index (κ2) is 11.4. The van der Waals surface area contributed by atoms with E-state index in [-0.39, 0.29) is 10.0 Å². The van der Waals surface area contributed by atoms with Crippen molar-refractivity contribution in [2.75, 3.05) is 10.8 Å². The maximum absolute atomic E-state index is 13.6. The molecule has 11 heteroatoms. The average molecular weight is 571 g/mol. The fourth-order valence-corrected chi connectivity index (χ4v) is 5.69. The average Bonchev–Trinajstić information content (AvgIpc) is 3.18. The second-order valence-electron chi connectivity index (χ2n) is 8.54. The summed E-state index contributed by atoms with van der Waals surface area (Å²) >= 11 is 12.6. The summed E-state index contributed by atoms with van der Waals surface area (Å²) in [4.78, 5) is 13.0. The summed E-state index contributed by atoms with van der Waals surface area (Å²) in [7, 11) is -4.10. The van der Waals surface area contributed by atoms with Crippen molar-refractivity contribution in [3.8, 4) is 5.69 Å². The van der Waals surface area contributed by atoms with Crippen LogP contribution in [-0.2, 0) is 14.8 Å². The van der Waals surface area contributed by atoms with E-state index in [4.69, 9.17) is 23.2 Å². The summed E-state index contributed by atoms with van der Waals surface area (Å²) in [5.41, 5.74) is 6.18. The number of carbonyl (C=O) groups excluding carboxylic acids is 1. The third-order valence-electron chi connectivity index (χ3n) is 5.91. The molecule has 196 valence electrons. The van der Waals surface area contributed by atoms with Gasteiger partial charge in [-0.25, -0.2) is 18.5 Å². The molecule has 1 amide bonds. The van der Waals surface area contributed by atoms with Crippen molar-refractivity contribution in [3.63, 3.8) is 0 Å². The molecule has 1 N–H and O–H groups in total. The minimum absolute atomic E-state index is 0.0505. The van der Waals surface area contributed by atoms with Gasteiger partial charge in [-0.3, -0.25) is 9.10 Å². The van der Waals surface area contributed by atoms with Crippen molar-refractivity contribution in [1.29, 1.82) is 0 Å². The number of rotatable bonds is 8. The third-order valence-corrected chi connectivity index (χ3v) is 8.37. The van der Waals surface area contributed by atoms with Gasteiger partial charge in [0.2, 0.25) is 0 Å². The normalized spacial score (nSPS) is 11.6. The molecule has 4 rings (SSSR count). The Morgan fingerprint density at radius 1 is 1.00 bits per heavy atom. The number of aromatic nitrogens is 2. The fourth-order valence-electron chi connectivity index (χ4n) is 3.79. The molecule has 0 spiro atoms. The molecule has 4 aromatic rings. The quantitative estimate of drug-likeness (QED) is 0.225. The van der Waals surface area contributed by atoms with Crippen LogP contribution in [0.4, 0.5) is 5.69 Å². The van der Waals surface area contributed by atoms with Crippen LogP contribution in [0.25, 0.3) is 5.69 Å². The first-order valence-electron chi connectivity index (χ1n) is 11.6. The van der Waals surface area contributed by atoms with E-state index < -0.39 is 22.5 Å². The van der Waals surface area contributed by atoms with Crippen LogP contribution in [0.5, 0.6) is 0 Å². The molecule has 3 aromatic carbocycles. The van der Waals surface area contributed by atoms with Crippen molar-refractivity contribution >= 4 is 51.0 Å². The van der Waals surface area contributed by atoms with E-state index >= 15 is 0 Å². The first kappa shape index (κ1) is 27.4. The smallest absolute Gasteiger partial charge is 0.264 e. The SMILES string of the molecule is Cc1ccc(S(=O)(=O)N(CC(=O)N/N=C\c2c(Cl)nn(-c3ccccc3)c2C)c2cccc(Cl)c2C)cc1. The lowest BCUT2D eigenvalue weighted by Gasteiger charge is -2.25. The maximum atomic E-state index is 13.6. The van der Waals surface area contributed by atoms with E-state index in [0.717, 1.165) is 21.2 Å². The summed E-state index contributed by atoms with van der Waals surface area (Å²) < 4.78 is 29.9. The summed E-state index contributed by atoms with van der Waals surface area (Å²) in [6.07, 6.45) is 1.38. The number of carbonyl (C=O) groups is 1. The predicted molar refractivity (Wildman–Crippen MR) is 151 cm³/mol. The molecule has 38 heavy (non-hydrogen) atoms. The largest absolute Gasteiger partial charge is 0.271 e. The molecule has 0 atom stereocenters. The highest BCUT2D eigenvalue weighted by molar-refractivity contribution is 7.92. The van der Waals surface area contributed by atoms with Crippen LogP contribution in [0.15, 0.2) is 82.8 Å². The number of aryl methyl sites for hydroxylation is 1. The Balaban J connectivity index is 1.59. The van der Waals surface area contributed by atoms with E-state index in [1.54, 1.807) is 41.9 Å². The Morgan fingerprint density at radius 3 is 2.37 bits per heavy atom. The molecule has 0 aliphatic rings. The number of anilines is 1. The maximum Gasteiger partial charge on any atom is 0.264 e. The van der Waals surface area contributed by atoms with Gasteiger partial charge in [0.25, 0.3) is 15.9 Å². The molecular formula is C27H25Cl2N5O3S. The highest BCUT2D eigenvalue weighted by Crippen LogP contribution is 2.31. The molecule has 0 aliphatic heterocycles. The minimum atomic E-state index is -4.10. The van der Waals surface area contributed by atoms with Gasteiger partial charge in [0.15, 0.2) is 5.15 Å². The fraction of sp³-hybridized carbons (Fsp3) is 0.148. The first-order chi connectivity index (χ1) is 18.1. The van der Waals surface area contributed by atoms with Crippen LogP contribution >= 0.6 is 23.2 Å². The highest BCUT2D eigenvalue weighted by Gasteiger charge is 2.28. The van der Waals surface area contributed by atoms with Gasteiger partial charge < -0.3 is 0 Å². The molecule has 0 bridgehead atoms. The van der Waals surface area contributed by atoms with Crippen LogP contribution in [-0.4, -0.2) is 36.9 Å². The van der Waals surface area contributed by atoms with E-state index in [0.29, 0.717) is 21.8 Å². The number of nitrogens with zero attached hydrogens (tertiary/aromatic N) is 4. The Labute approximate surface area is 231 Å². The molecule has 0 saturated carbocycles. The van der Waals surface area contributed by atoms with Crippen LogP contribution < -0.4 is 9.73 Å². The first-order valence-corrected chi connectivity index (χ1v) is 13.8. The molecule has 8 nitrogen and oxygen atoms in total. The van der Waals surface area contributed by atoms with E-state index in [1.165, 1.54) is 18.3 Å². The van der Waals surface area contributed by atoms with E-state index in [9.17, 15) is 13.2 Å². The monoisotopic (exact) mass is 569 g/mol. The van der Waals surface area contributed by atoms with Crippen LogP contribution in [0, 0.1) is 20.8 Å². The summed E-state index contributed by atoms with van der Waals surface area (Å²) in [5.74, 6) is -0.652. The van der Waals surface area contributed by atoms with Gasteiger partial charge >= 0.3 is 0 Å². The van der Waals surface area contributed by atoms with Crippen molar-refractivity contribution < 1.29 is 13.2 Å². The number of para-hydroxylation sites is 1. The zero-order valence-electron chi connectivity index (χ0n) is 20.9. The Kier molecular flexibility index (Phi) is 8.20. The Hall–Kier alpha value is -3.66. The molecular weight excluding hydrogens is 545 g/mol. The van der Waals surface area contributed by atoms with Crippen molar-refractivity contribution in [1.82, 2.24) is 15.2 Å². The zero-order chi connectivity index (χ0) is 27.4. The molecule has 1 aromatic heterocycles.